The van der Waals surface area contributed by atoms with Gasteiger partial charge in [0.2, 0.25) is 0 Å². The van der Waals surface area contributed by atoms with Gasteiger partial charge in [0.15, 0.2) is 0 Å². The summed E-state index contributed by atoms with van der Waals surface area (Å²) >= 11 is 1.57. The van der Waals surface area contributed by atoms with Gasteiger partial charge in [-0.25, -0.2) is 4.79 Å². The second kappa shape index (κ2) is 6.61. The summed E-state index contributed by atoms with van der Waals surface area (Å²) in [6.07, 6.45) is 2.53. The highest BCUT2D eigenvalue weighted by atomic mass is 32.1. The van der Waals surface area contributed by atoms with Crippen molar-refractivity contribution in [3.05, 3.63) is 21.9 Å². The number of hydrogen-bond donors (Lipinski definition) is 2. The van der Waals surface area contributed by atoms with Crippen LogP contribution in [0, 0.1) is 18.8 Å². The molecule has 25 heavy (non-hydrogen) atoms. The molecule has 4 rings (SSSR count). The SMILES string of the molecule is Cc1ccc(C(=O)N2CCC(C3CNCCC34CNC(=O)O4)CC2)s1. The van der Waals surface area contributed by atoms with Crippen molar-refractivity contribution in [1.29, 1.82) is 0 Å². The summed E-state index contributed by atoms with van der Waals surface area (Å²) in [7, 11) is 0. The van der Waals surface area contributed by atoms with Crippen LogP contribution in [0.1, 0.15) is 33.8 Å². The van der Waals surface area contributed by atoms with E-state index in [2.05, 4.69) is 10.6 Å². The molecular weight excluding hydrogens is 338 g/mol. The number of piperidine rings is 2. The number of carbonyl (C=O) groups is 2. The molecule has 3 saturated heterocycles. The zero-order valence-corrected chi connectivity index (χ0v) is 15.4. The molecule has 0 saturated carbocycles. The lowest BCUT2D eigenvalue weighted by atomic mass is 9.71. The van der Waals surface area contributed by atoms with Crippen LogP contribution in [-0.4, -0.2) is 55.2 Å². The maximum absolute atomic E-state index is 12.6. The van der Waals surface area contributed by atoms with Gasteiger partial charge in [0, 0.05) is 36.9 Å². The predicted molar refractivity (Wildman–Crippen MR) is 95.9 cm³/mol. The molecule has 2 atom stereocenters. The summed E-state index contributed by atoms with van der Waals surface area (Å²) in [5.41, 5.74) is -0.357. The molecule has 136 valence electrons. The van der Waals surface area contributed by atoms with E-state index in [1.165, 1.54) is 4.88 Å². The third kappa shape index (κ3) is 3.15. The number of likely N-dealkylation sites (tertiary alicyclic amines) is 1. The molecule has 2 unspecified atom stereocenters. The van der Waals surface area contributed by atoms with E-state index in [-0.39, 0.29) is 17.6 Å². The molecule has 1 aromatic rings. The van der Waals surface area contributed by atoms with E-state index in [0.29, 0.717) is 18.4 Å². The van der Waals surface area contributed by atoms with Crippen LogP contribution in [0.3, 0.4) is 0 Å². The lowest BCUT2D eigenvalue weighted by Crippen LogP contribution is -2.56. The predicted octanol–water partition coefficient (Wildman–Crippen LogP) is 2.00. The minimum atomic E-state index is -0.357. The maximum Gasteiger partial charge on any atom is 0.407 e. The van der Waals surface area contributed by atoms with Gasteiger partial charge in [-0.1, -0.05) is 0 Å². The quantitative estimate of drug-likeness (QED) is 0.843. The monoisotopic (exact) mass is 363 g/mol. The van der Waals surface area contributed by atoms with Gasteiger partial charge in [0.25, 0.3) is 5.91 Å². The topological polar surface area (TPSA) is 70.7 Å². The van der Waals surface area contributed by atoms with Crippen LogP contribution in [0.4, 0.5) is 4.79 Å². The smallest absolute Gasteiger partial charge is 0.407 e. The van der Waals surface area contributed by atoms with E-state index >= 15 is 0 Å². The van der Waals surface area contributed by atoms with Crippen molar-refractivity contribution in [2.75, 3.05) is 32.7 Å². The molecule has 4 heterocycles. The zero-order chi connectivity index (χ0) is 17.4. The Hall–Kier alpha value is -1.60. The molecule has 1 aromatic heterocycles. The number of thiophene rings is 1. The first-order valence-electron chi connectivity index (χ1n) is 9.11. The number of aryl methyl sites for hydroxylation is 1. The van der Waals surface area contributed by atoms with Gasteiger partial charge in [0.1, 0.15) is 5.60 Å². The summed E-state index contributed by atoms with van der Waals surface area (Å²) < 4.78 is 5.73. The average molecular weight is 363 g/mol. The Bertz CT molecular complexity index is 668. The normalized spacial score (nSPS) is 30.4. The Kier molecular flexibility index (Phi) is 4.45. The first-order chi connectivity index (χ1) is 12.1. The summed E-state index contributed by atoms with van der Waals surface area (Å²) in [5, 5.41) is 6.31. The number of carbonyl (C=O) groups excluding carboxylic acids is 2. The molecule has 0 bridgehead atoms. The van der Waals surface area contributed by atoms with Crippen LogP contribution in [0.15, 0.2) is 12.1 Å². The first kappa shape index (κ1) is 16.8. The lowest BCUT2D eigenvalue weighted by molar-refractivity contribution is -0.0478. The van der Waals surface area contributed by atoms with Crippen molar-refractivity contribution in [3.63, 3.8) is 0 Å². The molecule has 3 aliphatic heterocycles. The Balaban J connectivity index is 1.41. The second-order valence-electron chi connectivity index (χ2n) is 7.41. The number of hydrogen-bond acceptors (Lipinski definition) is 5. The van der Waals surface area contributed by atoms with Gasteiger partial charge in [-0.2, -0.15) is 0 Å². The Labute approximate surface area is 151 Å². The fourth-order valence-electron chi connectivity index (χ4n) is 4.56. The minimum absolute atomic E-state index is 0.155. The lowest BCUT2D eigenvalue weighted by Gasteiger charge is -2.45. The Morgan fingerprint density at radius 2 is 2.16 bits per heavy atom. The van der Waals surface area contributed by atoms with E-state index in [4.69, 9.17) is 4.74 Å². The van der Waals surface area contributed by atoms with Crippen LogP contribution < -0.4 is 10.6 Å². The summed E-state index contributed by atoms with van der Waals surface area (Å²) in [6.45, 7) is 5.99. The molecule has 2 N–H and O–H groups in total. The molecule has 0 aromatic carbocycles. The summed E-state index contributed by atoms with van der Waals surface area (Å²) in [6, 6.07) is 3.93. The van der Waals surface area contributed by atoms with Gasteiger partial charge >= 0.3 is 6.09 Å². The van der Waals surface area contributed by atoms with Crippen LogP contribution >= 0.6 is 11.3 Å². The standard InChI is InChI=1S/C18H25N3O3S/c1-12-2-3-15(25-12)16(22)21-8-4-13(5-9-21)14-10-19-7-6-18(14)11-20-17(23)24-18/h2-3,13-14,19H,4-11H2,1H3,(H,20,23). The average Bonchev–Trinajstić information content (AvgIpc) is 3.21. The molecule has 1 spiro atoms. The fourth-order valence-corrected chi connectivity index (χ4v) is 5.40. The molecular formula is C18H25N3O3S. The third-order valence-electron chi connectivity index (χ3n) is 5.94. The highest BCUT2D eigenvalue weighted by molar-refractivity contribution is 7.13. The van der Waals surface area contributed by atoms with Crippen molar-refractivity contribution in [1.82, 2.24) is 15.5 Å². The Morgan fingerprint density at radius 1 is 1.36 bits per heavy atom. The second-order valence-corrected chi connectivity index (χ2v) is 8.70. The number of amides is 2. The van der Waals surface area contributed by atoms with Crippen molar-refractivity contribution in [2.24, 2.45) is 11.8 Å². The zero-order valence-electron chi connectivity index (χ0n) is 14.5. The van der Waals surface area contributed by atoms with Gasteiger partial charge in [-0.05, 0) is 44.4 Å². The van der Waals surface area contributed by atoms with Gasteiger partial charge in [-0.3, -0.25) is 4.79 Å². The summed E-state index contributed by atoms with van der Waals surface area (Å²) in [5.74, 6) is 0.957. The number of nitrogens with one attached hydrogen (secondary N) is 2. The minimum Gasteiger partial charge on any atom is -0.441 e. The largest absolute Gasteiger partial charge is 0.441 e. The molecule has 0 aliphatic carbocycles. The Morgan fingerprint density at radius 3 is 2.80 bits per heavy atom. The first-order valence-corrected chi connectivity index (χ1v) is 9.92. The van der Waals surface area contributed by atoms with E-state index in [9.17, 15) is 9.59 Å². The molecule has 0 radical (unpaired) electrons. The van der Waals surface area contributed by atoms with Crippen molar-refractivity contribution >= 4 is 23.3 Å². The van der Waals surface area contributed by atoms with Crippen molar-refractivity contribution in [2.45, 2.75) is 31.8 Å². The van der Waals surface area contributed by atoms with Crippen LogP contribution in [-0.2, 0) is 4.74 Å². The highest BCUT2D eigenvalue weighted by Gasteiger charge is 2.51. The van der Waals surface area contributed by atoms with E-state index in [1.54, 1.807) is 11.3 Å². The van der Waals surface area contributed by atoms with Gasteiger partial charge in [-0.15, -0.1) is 11.3 Å². The van der Waals surface area contributed by atoms with Crippen LogP contribution in [0.2, 0.25) is 0 Å². The van der Waals surface area contributed by atoms with E-state index in [0.717, 1.165) is 50.3 Å². The van der Waals surface area contributed by atoms with E-state index in [1.807, 2.05) is 24.0 Å². The molecule has 3 aliphatic rings. The van der Waals surface area contributed by atoms with E-state index < -0.39 is 0 Å². The molecule has 6 nitrogen and oxygen atoms in total. The number of ether oxygens (including phenoxy) is 1. The number of nitrogens with zero attached hydrogens (tertiary/aromatic N) is 1. The van der Waals surface area contributed by atoms with Gasteiger partial charge < -0.3 is 20.3 Å². The summed E-state index contributed by atoms with van der Waals surface area (Å²) in [4.78, 5) is 28.3. The fraction of sp³-hybridized carbons (Fsp3) is 0.667. The third-order valence-corrected chi connectivity index (χ3v) is 6.93. The number of alkyl carbamates (subject to hydrolysis) is 1. The highest BCUT2D eigenvalue weighted by Crippen LogP contribution is 2.40. The maximum atomic E-state index is 12.6. The number of rotatable bonds is 2. The molecule has 7 heteroatoms. The molecule has 3 fully saturated rings. The van der Waals surface area contributed by atoms with Crippen molar-refractivity contribution in [3.8, 4) is 0 Å². The molecule has 2 amide bonds. The van der Waals surface area contributed by atoms with Crippen LogP contribution in [0.5, 0.6) is 0 Å². The van der Waals surface area contributed by atoms with Gasteiger partial charge in [0.05, 0.1) is 11.4 Å². The van der Waals surface area contributed by atoms with Crippen LogP contribution in [0.25, 0.3) is 0 Å². The van der Waals surface area contributed by atoms with Crippen molar-refractivity contribution < 1.29 is 14.3 Å².